The van der Waals surface area contributed by atoms with Crippen molar-refractivity contribution in [2.75, 3.05) is 0 Å². The first-order valence-electron chi connectivity index (χ1n) is 21.4. The molecule has 13 rings (SSSR count). The lowest BCUT2D eigenvalue weighted by atomic mass is 9.67. The first-order valence-corrected chi connectivity index (χ1v) is 21.4. The van der Waals surface area contributed by atoms with Crippen LogP contribution in [0.3, 0.4) is 0 Å². The Morgan fingerprint density at radius 3 is 1.50 bits per heavy atom. The zero-order valence-corrected chi connectivity index (χ0v) is 34.3. The van der Waals surface area contributed by atoms with Crippen molar-refractivity contribution in [1.82, 2.24) is 15.0 Å². The van der Waals surface area contributed by atoms with E-state index in [1.54, 1.807) is 0 Å². The van der Waals surface area contributed by atoms with Crippen molar-refractivity contribution in [3.05, 3.63) is 235 Å². The van der Waals surface area contributed by atoms with Crippen molar-refractivity contribution >= 4 is 21.9 Å². The van der Waals surface area contributed by atoms with E-state index in [1.165, 1.54) is 22.3 Å². The van der Waals surface area contributed by atoms with E-state index in [0.29, 0.717) is 40.5 Å². The van der Waals surface area contributed by atoms with Crippen LogP contribution < -0.4 is 9.47 Å². The van der Waals surface area contributed by atoms with E-state index in [4.69, 9.17) is 28.8 Å². The Balaban J connectivity index is 0.882. The highest BCUT2D eigenvalue weighted by atomic mass is 16.6. The van der Waals surface area contributed by atoms with Crippen molar-refractivity contribution < 1.29 is 13.9 Å². The smallest absolute Gasteiger partial charge is 0.170 e. The third-order valence-electron chi connectivity index (χ3n) is 12.7. The first-order chi connectivity index (χ1) is 31.7. The molecule has 2 aliphatic rings. The van der Waals surface area contributed by atoms with Crippen LogP contribution in [0.15, 0.2) is 217 Å². The van der Waals surface area contributed by atoms with Crippen LogP contribution in [-0.2, 0) is 5.41 Å². The second-order valence-corrected chi connectivity index (χ2v) is 16.3. The molecule has 2 aromatic heterocycles. The first kappa shape index (κ1) is 36.1. The number of hydrogen-bond donors (Lipinski definition) is 0. The molecule has 6 nitrogen and oxygen atoms in total. The van der Waals surface area contributed by atoms with Gasteiger partial charge in [0.1, 0.15) is 11.2 Å². The van der Waals surface area contributed by atoms with Gasteiger partial charge in [-0.25, -0.2) is 15.0 Å². The van der Waals surface area contributed by atoms with E-state index in [-0.39, 0.29) is 0 Å². The van der Waals surface area contributed by atoms with Crippen LogP contribution in [0.4, 0.5) is 0 Å². The van der Waals surface area contributed by atoms with Crippen molar-refractivity contribution in [2.45, 2.75) is 5.41 Å². The van der Waals surface area contributed by atoms with Crippen LogP contribution in [-0.4, -0.2) is 15.0 Å². The summed E-state index contributed by atoms with van der Waals surface area (Å²) in [5.41, 5.74) is 13.1. The molecule has 0 amide bonds. The highest BCUT2D eigenvalue weighted by Gasteiger charge is 2.46. The lowest BCUT2D eigenvalue weighted by Gasteiger charge is -2.34. The highest BCUT2D eigenvalue weighted by Crippen LogP contribution is 2.58. The Hall–Kier alpha value is -8.61. The second kappa shape index (κ2) is 14.2. The molecule has 1 aliphatic carbocycles. The normalized spacial score (nSPS) is 13.1. The van der Waals surface area contributed by atoms with Crippen molar-refractivity contribution in [3.8, 4) is 79.4 Å². The minimum atomic E-state index is -0.604. The Kier molecular flexibility index (Phi) is 8.02. The molecule has 0 N–H and O–H groups in total. The fourth-order valence-corrected chi connectivity index (χ4v) is 9.72. The van der Waals surface area contributed by atoms with E-state index in [2.05, 4.69) is 127 Å². The van der Waals surface area contributed by atoms with Gasteiger partial charge in [-0.2, -0.15) is 0 Å². The molecule has 0 saturated heterocycles. The molecular formula is C58H35N3O3. The van der Waals surface area contributed by atoms with Crippen LogP contribution in [0.2, 0.25) is 0 Å². The van der Waals surface area contributed by atoms with Crippen LogP contribution in [0, 0.1) is 0 Å². The van der Waals surface area contributed by atoms with E-state index >= 15 is 0 Å². The van der Waals surface area contributed by atoms with Crippen LogP contribution in [0.1, 0.15) is 22.3 Å². The van der Waals surface area contributed by atoms with Gasteiger partial charge in [-0.15, -0.1) is 0 Å². The molecule has 64 heavy (non-hydrogen) atoms. The molecule has 0 atom stereocenters. The average Bonchev–Trinajstić information content (AvgIpc) is 3.89. The average molecular weight is 822 g/mol. The van der Waals surface area contributed by atoms with Crippen LogP contribution in [0.5, 0.6) is 23.0 Å². The third kappa shape index (κ3) is 5.63. The summed E-state index contributed by atoms with van der Waals surface area (Å²) < 4.78 is 19.1. The zero-order valence-electron chi connectivity index (χ0n) is 34.3. The van der Waals surface area contributed by atoms with Gasteiger partial charge in [0.15, 0.2) is 40.5 Å². The largest absolute Gasteiger partial charge is 0.456 e. The summed E-state index contributed by atoms with van der Waals surface area (Å²) in [4.78, 5) is 15.0. The maximum atomic E-state index is 6.50. The van der Waals surface area contributed by atoms with Gasteiger partial charge in [0.25, 0.3) is 0 Å². The predicted molar refractivity (Wildman–Crippen MR) is 253 cm³/mol. The molecule has 0 radical (unpaired) electrons. The van der Waals surface area contributed by atoms with Crippen molar-refractivity contribution in [2.24, 2.45) is 0 Å². The second-order valence-electron chi connectivity index (χ2n) is 16.3. The number of fused-ring (bicyclic) bond motifs is 8. The highest BCUT2D eigenvalue weighted by molar-refractivity contribution is 6.05. The number of ether oxygens (including phenoxy) is 2. The lowest BCUT2D eigenvalue weighted by molar-refractivity contribution is 0.359. The van der Waals surface area contributed by atoms with E-state index < -0.39 is 5.41 Å². The van der Waals surface area contributed by atoms with E-state index in [1.807, 2.05) is 84.9 Å². The topological polar surface area (TPSA) is 70.3 Å². The molecule has 0 spiro atoms. The summed E-state index contributed by atoms with van der Waals surface area (Å²) in [7, 11) is 0. The monoisotopic (exact) mass is 821 g/mol. The summed E-state index contributed by atoms with van der Waals surface area (Å²) >= 11 is 0. The van der Waals surface area contributed by atoms with E-state index in [9.17, 15) is 0 Å². The predicted octanol–water partition coefficient (Wildman–Crippen LogP) is 14.7. The van der Waals surface area contributed by atoms with E-state index in [0.717, 1.165) is 60.9 Å². The molecular weight excluding hydrogens is 787 g/mol. The summed E-state index contributed by atoms with van der Waals surface area (Å²) in [6.45, 7) is 0. The number of nitrogens with zero attached hydrogens (tertiary/aromatic N) is 3. The summed E-state index contributed by atoms with van der Waals surface area (Å²) in [6.07, 6.45) is 0. The number of benzene rings is 9. The number of rotatable bonds is 6. The summed E-state index contributed by atoms with van der Waals surface area (Å²) in [5.74, 6) is 4.60. The van der Waals surface area contributed by atoms with Gasteiger partial charge >= 0.3 is 0 Å². The molecule has 0 fully saturated rings. The SMILES string of the molecule is c1ccc(-c2nc(-c3ccc(-c4ccc(C5(c6ccc7c(c6)Oc6ccccc6O7)c6ccccc6-c6ccccc65)cc4)cc3)nc(-c3ccc4c(c3)oc3ccccc34)n2)cc1. The fourth-order valence-electron chi connectivity index (χ4n) is 9.72. The zero-order chi connectivity index (χ0) is 42.2. The van der Waals surface area contributed by atoms with Crippen molar-refractivity contribution in [1.29, 1.82) is 0 Å². The molecule has 6 heteroatoms. The van der Waals surface area contributed by atoms with Gasteiger partial charge in [-0.1, -0.05) is 170 Å². The van der Waals surface area contributed by atoms with Crippen molar-refractivity contribution in [3.63, 3.8) is 0 Å². The molecule has 0 bridgehead atoms. The summed E-state index contributed by atoms with van der Waals surface area (Å²) in [5, 5.41) is 2.14. The summed E-state index contributed by atoms with van der Waals surface area (Å²) in [6, 6.07) is 73.5. The molecule has 1 aliphatic heterocycles. The Morgan fingerprint density at radius 2 is 0.797 bits per heavy atom. The molecule has 0 saturated carbocycles. The van der Waals surface area contributed by atoms with Gasteiger partial charge in [0.2, 0.25) is 0 Å². The lowest BCUT2D eigenvalue weighted by Crippen LogP contribution is -2.28. The maximum absolute atomic E-state index is 6.50. The number of furan rings is 1. The fraction of sp³-hybridized carbons (Fsp3) is 0.0172. The number of aromatic nitrogens is 3. The van der Waals surface area contributed by atoms with Gasteiger partial charge in [-0.05, 0) is 87.0 Å². The van der Waals surface area contributed by atoms with Gasteiger partial charge in [0.05, 0.1) is 5.41 Å². The van der Waals surface area contributed by atoms with Crippen LogP contribution in [0.25, 0.3) is 78.4 Å². The van der Waals surface area contributed by atoms with Gasteiger partial charge in [-0.3, -0.25) is 0 Å². The molecule has 300 valence electrons. The molecule has 3 heterocycles. The molecule has 0 unspecified atom stereocenters. The quantitative estimate of drug-likeness (QED) is 0.166. The Bertz CT molecular complexity index is 3570. The minimum absolute atomic E-state index is 0.581. The van der Waals surface area contributed by atoms with Gasteiger partial charge in [0, 0.05) is 27.5 Å². The Labute approximate surface area is 368 Å². The molecule has 11 aromatic rings. The number of para-hydroxylation sites is 3. The molecule has 9 aromatic carbocycles. The van der Waals surface area contributed by atoms with Crippen LogP contribution >= 0.6 is 0 Å². The standard InChI is InChI=1S/C58H35N3O3/c1-2-12-38(13-3-1)55-59-56(61-57(60-55)40-28-32-46-45-16-6-9-19-49(45)62-53(46)34-40)39-24-22-36(23-25-39)37-26-29-41(30-27-37)58(47-17-7-4-14-43(47)44-15-5-8-18-48(44)58)42-31-33-52-54(35-42)64-51-21-11-10-20-50(51)63-52/h1-35H. The minimum Gasteiger partial charge on any atom is -0.456 e. The Morgan fingerprint density at radius 1 is 0.312 bits per heavy atom. The number of hydrogen-bond acceptors (Lipinski definition) is 6. The van der Waals surface area contributed by atoms with Gasteiger partial charge < -0.3 is 13.9 Å². The maximum Gasteiger partial charge on any atom is 0.170 e. The third-order valence-corrected chi connectivity index (χ3v) is 12.7.